The molecule has 248 valence electrons. The maximum absolute atomic E-state index is 14.0. The smallest absolute Gasteiger partial charge is 0.243 e. The van der Waals surface area contributed by atoms with Crippen LogP contribution in [0.5, 0.6) is 5.75 Å². The van der Waals surface area contributed by atoms with Crippen LogP contribution in [0, 0.1) is 18.3 Å². The van der Waals surface area contributed by atoms with E-state index in [0.717, 1.165) is 41.7 Å². The number of hydrogen-bond donors (Lipinski definition) is 4. The zero-order valence-corrected chi connectivity index (χ0v) is 27.2. The average Bonchev–Trinajstić information content (AvgIpc) is 3.06. The van der Waals surface area contributed by atoms with Gasteiger partial charge in [0.05, 0.1) is 13.0 Å². The fourth-order valence-electron chi connectivity index (χ4n) is 6.65. The number of rotatable bonds is 5. The number of nitrogens with one attached hydrogen (secondary N) is 4. The van der Waals surface area contributed by atoms with Crippen molar-refractivity contribution in [1.29, 1.82) is 0 Å². The van der Waals surface area contributed by atoms with Crippen molar-refractivity contribution in [3.63, 3.8) is 0 Å². The Labute approximate surface area is 272 Å². The lowest BCUT2D eigenvalue weighted by molar-refractivity contribution is -0.140. The Morgan fingerprint density at radius 3 is 2.61 bits per heavy atom. The molecule has 4 N–H and O–H groups in total. The summed E-state index contributed by atoms with van der Waals surface area (Å²) in [7, 11) is 0. The van der Waals surface area contributed by atoms with Crippen molar-refractivity contribution in [2.75, 3.05) is 32.8 Å². The summed E-state index contributed by atoms with van der Waals surface area (Å²) in [5.74, 6) is -0.215. The maximum Gasteiger partial charge on any atom is 0.243 e. The van der Waals surface area contributed by atoms with Gasteiger partial charge in [0.2, 0.25) is 23.6 Å². The molecule has 0 radical (unpaired) electrons. The molecule has 2 aromatic rings. The molecule has 46 heavy (non-hydrogen) atoms. The third kappa shape index (κ3) is 8.87. The van der Waals surface area contributed by atoms with E-state index >= 15 is 0 Å². The van der Waals surface area contributed by atoms with Crippen LogP contribution < -0.4 is 26.0 Å². The van der Waals surface area contributed by atoms with Crippen molar-refractivity contribution in [2.45, 2.75) is 83.8 Å². The summed E-state index contributed by atoms with van der Waals surface area (Å²) in [5.41, 5.74) is 2.37. The Hall–Kier alpha value is -3.92. The number of carbonyl (C=O) groups excluding carboxylic acids is 4. The summed E-state index contributed by atoms with van der Waals surface area (Å²) in [6, 6.07) is 13.7. The van der Waals surface area contributed by atoms with Crippen molar-refractivity contribution in [1.82, 2.24) is 26.2 Å². The van der Waals surface area contributed by atoms with Crippen molar-refractivity contribution < 1.29 is 23.9 Å². The lowest BCUT2D eigenvalue weighted by Gasteiger charge is -2.36. The number of aryl methyl sites for hydroxylation is 2. The van der Waals surface area contributed by atoms with Gasteiger partial charge in [-0.1, -0.05) is 43.3 Å². The maximum atomic E-state index is 14.0. The topological polar surface area (TPSA) is 129 Å². The Morgan fingerprint density at radius 1 is 1.04 bits per heavy atom. The Bertz CT molecular complexity index is 1380. The van der Waals surface area contributed by atoms with E-state index in [2.05, 4.69) is 21.3 Å². The first-order valence-corrected chi connectivity index (χ1v) is 16.8. The van der Waals surface area contributed by atoms with Crippen LogP contribution in [0.4, 0.5) is 0 Å². The number of carbonyl (C=O) groups is 4. The summed E-state index contributed by atoms with van der Waals surface area (Å²) in [5, 5.41) is 12.2. The predicted octanol–water partition coefficient (Wildman–Crippen LogP) is 3.01. The van der Waals surface area contributed by atoms with Gasteiger partial charge in [-0.3, -0.25) is 19.2 Å². The summed E-state index contributed by atoms with van der Waals surface area (Å²) in [6.45, 7) is 7.34. The molecule has 0 saturated carbocycles. The van der Waals surface area contributed by atoms with E-state index in [1.54, 1.807) is 0 Å². The average molecular weight is 632 g/mol. The number of ether oxygens (including phenoxy) is 1. The van der Waals surface area contributed by atoms with Crippen molar-refractivity contribution in [3.05, 3.63) is 65.2 Å². The van der Waals surface area contributed by atoms with Gasteiger partial charge < -0.3 is 30.9 Å². The van der Waals surface area contributed by atoms with Crippen LogP contribution in [-0.4, -0.2) is 73.4 Å². The summed E-state index contributed by atoms with van der Waals surface area (Å²) < 4.78 is 6.12. The highest BCUT2D eigenvalue weighted by Gasteiger charge is 2.38. The molecule has 10 nitrogen and oxygen atoms in total. The van der Waals surface area contributed by atoms with E-state index in [4.69, 9.17) is 4.74 Å². The molecule has 0 spiro atoms. The van der Waals surface area contributed by atoms with Crippen LogP contribution >= 0.6 is 0 Å². The molecule has 3 atom stereocenters. The second kappa shape index (κ2) is 15.6. The predicted molar refractivity (Wildman–Crippen MR) is 176 cm³/mol. The first-order chi connectivity index (χ1) is 22.2. The standard InChI is InChI=1S/C36H49N5O5/c1-25-10-12-29-21-28(25)23-38-33(43)30(13-11-26-7-4-3-5-8-26)39-34(44)31(40-35(45)36(2)15-17-37-18-16-36)22-32(42)41-19-6-9-27(24-41)14-20-46-29/h3-5,7-8,10,12,21,27,30-31,37H,6,9,11,13-20,22-24H2,1-2H3,(H,38,43)(H,39,44)(H,40,45)/t27?,30-,31-/m0/s1. The number of benzene rings is 2. The summed E-state index contributed by atoms with van der Waals surface area (Å²) in [6.07, 6.45) is 4.73. The van der Waals surface area contributed by atoms with Crippen LogP contribution in [-0.2, 0) is 32.1 Å². The lowest BCUT2D eigenvalue weighted by Crippen LogP contribution is -2.57. The van der Waals surface area contributed by atoms with Crippen LogP contribution in [0.1, 0.15) is 68.6 Å². The molecule has 4 bridgehead atoms. The number of fused-ring (bicyclic) bond motifs is 4. The largest absolute Gasteiger partial charge is 0.494 e. The monoisotopic (exact) mass is 631 g/mol. The van der Waals surface area contributed by atoms with Crippen molar-refractivity contribution >= 4 is 23.6 Å². The van der Waals surface area contributed by atoms with Crippen LogP contribution in [0.2, 0.25) is 0 Å². The highest BCUT2D eigenvalue weighted by molar-refractivity contribution is 5.95. The first-order valence-electron chi connectivity index (χ1n) is 16.8. The Balaban J connectivity index is 1.41. The molecule has 2 aromatic carbocycles. The molecule has 1 unspecified atom stereocenters. The van der Waals surface area contributed by atoms with Crippen LogP contribution in [0.15, 0.2) is 48.5 Å². The second-order valence-electron chi connectivity index (χ2n) is 13.4. The number of hydrogen-bond acceptors (Lipinski definition) is 6. The van der Waals surface area contributed by atoms with Gasteiger partial charge >= 0.3 is 0 Å². The molecular formula is C36H49N5O5. The third-order valence-electron chi connectivity index (χ3n) is 9.89. The summed E-state index contributed by atoms with van der Waals surface area (Å²) in [4.78, 5) is 56.8. The van der Waals surface area contributed by atoms with E-state index in [9.17, 15) is 19.2 Å². The minimum Gasteiger partial charge on any atom is -0.494 e. The highest BCUT2D eigenvalue weighted by Crippen LogP contribution is 2.29. The zero-order valence-electron chi connectivity index (χ0n) is 27.2. The molecular weight excluding hydrogens is 582 g/mol. The van der Waals surface area contributed by atoms with Gasteiger partial charge in [0.25, 0.3) is 0 Å². The molecule has 0 aliphatic carbocycles. The molecule has 2 saturated heterocycles. The van der Waals surface area contributed by atoms with E-state index in [0.29, 0.717) is 64.4 Å². The zero-order chi connectivity index (χ0) is 32.5. The molecule has 0 aromatic heterocycles. The lowest BCUT2D eigenvalue weighted by atomic mass is 9.80. The van der Waals surface area contributed by atoms with Gasteiger partial charge in [0, 0.05) is 25.0 Å². The van der Waals surface area contributed by atoms with Gasteiger partial charge in [-0.15, -0.1) is 0 Å². The molecule has 10 heteroatoms. The van der Waals surface area contributed by atoms with Crippen molar-refractivity contribution in [3.8, 4) is 5.75 Å². The minimum absolute atomic E-state index is 0.161. The first kappa shape index (κ1) is 33.4. The van der Waals surface area contributed by atoms with E-state index < -0.39 is 23.4 Å². The summed E-state index contributed by atoms with van der Waals surface area (Å²) >= 11 is 0. The normalized spacial score (nSPS) is 24.4. The molecule has 3 aliphatic rings. The van der Waals surface area contributed by atoms with E-state index in [-0.39, 0.29) is 30.7 Å². The quantitative estimate of drug-likeness (QED) is 0.402. The van der Waals surface area contributed by atoms with Crippen molar-refractivity contribution in [2.24, 2.45) is 11.3 Å². The number of piperidine rings is 2. The molecule has 3 aliphatic heterocycles. The Morgan fingerprint density at radius 2 is 1.83 bits per heavy atom. The van der Waals surface area contributed by atoms with E-state index in [1.165, 1.54) is 0 Å². The van der Waals surface area contributed by atoms with Crippen LogP contribution in [0.25, 0.3) is 0 Å². The second-order valence-corrected chi connectivity index (χ2v) is 13.4. The number of amides is 4. The fourth-order valence-corrected chi connectivity index (χ4v) is 6.65. The van der Waals surface area contributed by atoms with Gasteiger partial charge in [-0.05, 0) is 99.7 Å². The molecule has 3 heterocycles. The van der Waals surface area contributed by atoms with Crippen LogP contribution in [0.3, 0.4) is 0 Å². The third-order valence-corrected chi connectivity index (χ3v) is 9.89. The molecule has 5 rings (SSSR count). The molecule has 4 amide bonds. The van der Waals surface area contributed by atoms with Gasteiger partial charge in [-0.2, -0.15) is 0 Å². The van der Waals surface area contributed by atoms with E-state index in [1.807, 2.05) is 67.3 Å². The molecule has 2 fully saturated rings. The van der Waals surface area contributed by atoms with Gasteiger partial charge in [-0.25, -0.2) is 0 Å². The highest BCUT2D eigenvalue weighted by atomic mass is 16.5. The Kier molecular flexibility index (Phi) is 11.3. The SMILES string of the molecule is Cc1ccc2cc1CNC(=O)[C@H](CCc1ccccc1)NC(=O)[C@@H](NC(=O)C1(C)CCNCC1)CC(=O)N1CCCC(CCO2)C1. The number of nitrogens with zero attached hydrogens (tertiary/aromatic N) is 1. The van der Waals surface area contributed by atoms with Gasteiger partial charge in [0.1, 0.15) is 17.8 Å². The minimum atomic E-state index is -1.10. The fraction of sp³-hybridized carbons (Fsp3) is 0.556. The van der Waals surface area contributed by atoms with Gasteiger partial charge in [0.15, 0.2) is 0 Å².